The summed E-state index contributed by atoms with van der Waals surface area (Å²) in [5.74, 6) is 1.09. The first-order chi connectivity index (χ1) is 12.3. The van der Waals surface area contributed by atoms with Crippen molar-refractivity contribution in [1.29, 1.82) is 0 Å². The van der Waals surface area contributed by atoms with E-state index in [0.717, 1.165) is 32.4 Å². The normalized spacial score (nSPS) is 11.0. The molecule has 0 atom stereocenters. The minimum absolute atomic E-state index is 0.372. The third-order valence-corrected chi connectivity index (χ3v) is 5.21. The van der Waals surface area contributed by atoms with Gasteiger partial charge >= 0.3 is 0 Å². The Morgan fingerprint density at radius 3 is 1.56 bits per heavy atom. The number of alkyl halides is 1. The van der Waals surface area contributed by atoms with E-state index in [4.69, 9.17) is 11.6 Å². The summed E-state index contributed by atoms with van der Waals surface area (Å²) in [6, 6.07) is 0. The van der Waals surface area contributed by atoms with Gasteiger partial charge in [-0.3, -0.25) is 4.79 Å². The number of carbonyl (C=O) groups is 1. The number of amides is 1. The molecule has 0 aromatic carbocycles. The summed E-state index contributed by atoms with van der Waals surface area (Å²) in [6.45, 7) is 6.45. The standard InChI is InChI=1S/C22H44ClNO/c1-3-5-7-9-11-16-20-24(21-17-12-10-8-6-4-2)22(25)18-14-13-15-19-23/h3-21H2,1-2H3. The lowest BCUT2D eigenvalue weighted by Crippen LogP contribution is -2.32. The van der Waals surface area contributed by atoms with Gasteiger partial charge in [0.15, 0.2) is 0 Å². The minimum atomic E-state index is 0.372. The third kappa shape index (κ3) is 17.0. The fourth-order valence-electron chi connectivity index (χ4n) is 3.23. The molecular weight excluding hydrogens is 330 g/mol. The second-order valence-corrected chi connectivity index (χ2v) is 7.79. The van der Waals surface area contributed by atoms with Crippen LogP contribution in [0.3, 0.4) is 0 Å². The largest absolute Gasteiger partial charge is 0.343 e. The first-order valence-corrected chi connectivity index (χ1v) is 11.6. The summed E-state index contributed by atoms with van der Waals surface area (Å²) in [5.41, 5.74) is 0. The zero-order valence-electron chi connectivity index (χ0n) is 17.2. The topological polar surface area (TPSA) is 20.3 Å². The zero-order valence-corrected chi connectivity index (χ0v) is 17.9. The summed E-state index contributed by atoms with van der Waals surface area (Å²) in [6.07, 6.45) is 19.3. The van der Waals surface area contributed by atoms with Crippen LogP contribution >= 0.6 is 11.6 Å². The Hall–Kier alpha value is -0.240. The van der Waals surface area contributed by atoms with Crippen molar-refractivity contribution in [3.63, 3.8) is 0 Å². The maximum atomic E-state index is 12.5. The van der Waals surface area contributed by atoms with Gasteiger partial charge in [0, 0.05) is 25.4 Å². The number of rotatable bonds is 19. The molecule has 0 aromatic heterocycles. The monoisotopic (exact) mass is 373 g/mol. The van der Waals surface area contributed by atoms with Gasteiger partial charge in [-0.15, -0.1) is 11.6 Å². The van der Waals surface area contributed by atoms with E-state index in [2.05, 4.69) is 18.7 Å². The van der Waals surface area contributed by atoms with Crippen LogP contribution in [0.4, 0.5) is 0 Å². The molecule has 3 heteroatoms. The molecule has 1 amide bonds. The van der Waals surface area contributed by atoms with E-state index in [1.54, 1.807) is 0 Å². The van der Waals surface area contributed by atoms with Crippen LogP contribution in [0.15, 0.2) is 0 Å². The van der Waals surface area contributed by atoms with Crippen molar-refractivity contribution in [2.24, 2.45) is 0 Å². The first kappa shape index (κ1) is 24.8. The number of hydrogen-bond acceptors (Lipinski definition) is 1. The van der Waals surface area contributed by atoms with Crippen molar-refractivity contribution >= 4 is 17.5 Å². The molecule has 0 fully saturated rings. The Bertz CT molecular complexity index is 267. The molecule has 0 rings (SSSR count). The molecule has 0 spiro atoms. The van der Waals surface area contributed by atoms with E-state index in [1.807, 2.05) is 0 Å². The van der Waals surface area contributed by atoms with Crippen LogP contribution in [0.2, 0.25) is 0 Å². The average Bonchev–Trinajstić information content (AvgIpc) is 2.62. The molecule has 0 N–H and O–H groups in total. The summed E-state index contributed by atoms with van der Waals surface area (Å²) in [4.78, 5) is 14.7. The number of hydrogen-bond donors (Lipinski definition) is 0. The number of carbonyl (C=O) groups excluding carboxylic acids is 1. The summed E-state index contributed by atoms with van der Waals surface area (Å²) < 4.78 is 0. The van der Waals surface area contributed by atoms with Gasteiger partial charge in [0.25, 0.3) is 0 Å². The number of unbranched alkanes of at least 4 members (excludes halogenated alkanes) is 12. The van der Waals surface area contributed by atoms with Crippen molar-refractivity contribution in [3.8, 4) is 0 Å². The van der Waals surface area contributed by atoms with Gasteiger partial charge in [-0.2, -0.15) is 0 Å². The van der Waals surface area contributed by atoms with Gasteiger partial charge < -0.3 is 4.90 Å². The summed E-state index contributed by atoms with van der Waals surface area (Å²) in [5, 5.41) is 0. The van der Waals surface area contributed by atoms with Gasteiger partial charge in [-0.1, -0.05) is 84.5 Å². The van der Waals surface area contributed by atoms with Crippen LogP contribution in [-0.4, -0.2) is 29.8 Å². The van der Waals surface area contributed by atoms with Gasteiger partial charge in [-0.05, 0) is 25.7 Å². The van der Waals surface area contributed by atoms with E-state index >= 15 is 0 Å². The molecule has 0 bridgehead atoms. The SMILES string of the molecule is CCCCCCCCN(CCCCCCCC)C(=O)CCCCCCl. The van der Waals surface area contributed by atoms with Crippen molar-refractivity contribution in [2.45, 2.75) is 117 Å². The molecule has 150 valence electrons. The molecule has 0 aromatic rings. The van der Waals surface area contributed by atoms with Gasteiger partial charge in [0.2, 0.25) is 5.91 Å². The number of nitrogens with zero attached hydrogens (tertiary/aromatic N) is 1. The maximum absolute atomic E-state index is 12.5. The van der Waals surface area contributed by atoms with Gasteiger partial charge in [-0.25, -0.2) is 0 Å². The lowest BCUT2D eigenvalue weighted by atomic mass is 10.1. The molecule has 0 saturated carbocycles. The molecular formula is C22H44ClNO. The second kappa shape index (κ2) is 20.1. The highest BCUT2D eigenvalue weighted by atomic mass is 35.5. The van der Waals surface area contributed by atoms with Crippen LogP contribution in [-0.2, 0) is 4.79 Å². The number of halogens is 1. The molecule has 0 heterocycles. The fraction of sp³-hybridized carbons (Fsp3) is 0.955. The third-order valence-electron chi connectivity index (χ3n) is 4.94. The highest BCUT2D eigenvalue weighted by molar-refractivity contribution is 6.17. The Morgan fingerprint density at radius 2 is 1.08 bits per heavy atom. The van der Waals surface area contributed by atoms with Gasteiger partial charge in [0.05, 0.1) is 0 Å². The quantitative estimate of drug-likeness (QED) is 0.171. The van der Waals surface area contributed by atoms with Crippen molar-refractivity contribution in [3.05, 3.63) is 0 Å². The van der Waals surface area contributed by atoms with Crippen molar-refractivity contribution in [2.75, 3.05) is 19.0 Å². The molecule has 0 saturated heterocycles. The van der Waals surface area contributed by atoms with E-state index < -0.39 is 0 Å². The van der Waals surface area contributed by atoms with E-state index in [-0.39, 0.29) is 0 Å². The van der Waals surface area contributed by atoms with Crippen LogP contribution in [0.5, 0.6) is 0 Å². The fourth-order valence-corrected chi connectivity index (χ4v) is 3.42. The molecule has 0 unspecified atom stereocenters. The van der Waals surface area contributed by atoms with Crippen LogP contribution < -0.4 is 0 Å². The van der Waals surface area contributed by atoms with E-state index in [1.165, 1.54) is 77.0 Å². The van der Waals surface area contributed by atoms with Gasteiger partial charge in [0.1, 0.15) is 0 Å². The molecule has 0 aliphatic heterocycles. The molecule has 0 radical (unpaired) electrons. The predicted octanol–water partition coefficient (Wildman–Crippen LogP) is 7.34. The summed E-state index contributed by atoms with van der Waals surface area (Å²) in [7, 11) is 0. The summed E-state index contributed by atoms with van der Waals surface area (Å²) >= 11 is 5.73. The smallest absolute Gasteiger partial charge is 0.222 e. The van der Waals surface area contributed by atoms with E-state index in [9.17, 15) is 4.79 Å². The van der Waals surface area contributed by atoms with Crippen LogP contribution in [0.1, 0.15) is 117 Å². The Labute approximate surface area is 163 Å². The molecule has 0 aliphatic rings. The Morgan fingerprint density at radius 1 is 0.640 bits per heavy atom. The first-order valence-electron chi connectivity index (χ1n) is 11.1. The second-order valence-electron chi connectivity index (χ2n) is 7.42. The van der Waals surface area contributed by atoms with E-state index in [0.29, 0.717) is 18.2 Å². The molecule has 0 aliphatic carbocycles. The predicted molar refractivity (Wildman–Crippen MR) is 113 cm³/mol. The Kier molecular flexibility index (Phi) is 19.9. The Balaban J connectivity index is 4.00. The highest BCUT2D eigenvalue weighted by Gasteiger charge is 2.12. The highest BCUT2D eigenvalue weighted by Crippen LogP contribution is 2.11. The molecule has 25 heavy (non-hydrogen) atoms. The lowest BCUT2D eigenvalue weighted by Gasteiger charge is -2.23. The maximum Gasteiger partial charge on any atom is 0.222 e. The van der Waals surface area contributed by atoms with Crippen LogP contribution in [0.25, 0.3) is 0 Å². The average molecular weight is 374 g/mol. The zero-order chi connectivity index (χ0) is 18.6. The lowest BCUT2D eigenvalue weighted by molar-refractivity contribution is -0.131. The van der Waals surface area contributed by atoms with Crippen LogP contribution in [0, 0.1) is 0 Å². The van der Waals surface area contributed by atoms with Crippen molar-refractivity contribution in [1.82, 2.24) is 4.90 Å². The van der Waals surface area contributed by atoms with Crippen molar-refractivity contribution < 1.29 is 4.79 Å². The molecule has 2 nitrogen and oxygen atoms in total. The minimum Gasteiger partial charge on any atom is -0.343 e.